The Kier molecular flexibility index (Phi) is 7.16. The Morgan fingerprint density at radius 2 is 1.93 bits per heavy atom. The van der Waals surface area contributed by atoms with Crippen LogP contribution in [0.4, 0.5) is 0 Å². The van der Waals surface area contributed by atoms with Gasteiger partial charge in [-0.1, -0.05) is 23.2 Å². The zero-order valence-electron chi connectivity index (χ0n) is 16.7. The van der Waals surface area contributed by atoms with Gasteiger partial charge in [0.1, 0.15) is 5.38 Å². The molecule has 1 aliphatic heterocycles. The monoisotopic (exact) mass is 496 g/mol. The lowest BCUT2D eigenvalue weighted by molar-refractivity contribution is -0.00386. The molecule has 0 bridgehead atoms. The van der Waals surface area contributed by atoms with Gasteiger partial charge < -0.3 is 19.1 Å². The predicted molar refractivity (Wildman–Crippen MR) is 117 cm³/mol. The van der Waals surface area contributed by atoms with Crippen LogP contribution in [0.2, 0.25) is 0 Å². The minimum Gasteiger partial charge on any atom is -0.493 e. The molecule has 30 heavy (non-hydrogen) atoms. The van der Waals surface area contributed by atoms with Crippen molar-refractivity contribution in [1.82, 2.24) is 9.62 Å². The number of benzene rings is 1. The molecule has 2 unspecified atom stereocenters. The van der Waals surface area contributed by atoms with E-state index in [2.05, 4.69) is 9.62 Å². The summed E-state index contributed by atoms with van der Waals surface area (Å²) in [4.78, 5) is 2.09. The number of likely N-dealkylation sites (N-methyl/N-ethyl adjacent to an activating group) is 1. The summed E-state index contributed by atoms with van der Waals surface area (Å²) < 4.78 is 44.7. The van der Waals surface area contributed by atoms with Gasteiger partial charge in [0.05, 0.1) is 30.9 Å². The standard InChI is InChI=1S/C19H23Cl3N2O5S/c1-24-7-6-13(11-24)29-19(22)10-12(8-15(20)18(19)21)23-30(25,26)14-4-5-16(27-2)17(9-14)28-3/h4-5,8-10,13,18,23H,6-7,11H2,1-3H3/t13-,18?,19?/m1/s1. The fraction of sp³-hybridized carbons (Fsp3) is 0.474. The van der Waals surface area contributed by atoms with Crippen molar-refractivity contribution in [2.24, 2.45) is 0 Å². The number of likely N-dealkylation sites (tertiary alicyclic amines) is 1. The maximum Gasteiger partial charge on any atom is 0.262 e. The van der Waals surface area contributed by atoms with Crippen molar-refractivity contribution >= 4 is 44.8 Å². The van der Waals surface area contributed by atoms with Crippen molar-refractivity contribution in [2.75, 3.05) is 34.4 Å². The first kappa shape index (κ1) is 23.5. The van der Waals surface area contributed by atoms with Crippen LogP contribution < -0.4 is 14.2 Å². The molecular formula is C19H23Cl3N2O5S. The molecule has 3 rings (SSSR count). The Morgan fingerprint density at radius 3 is 2.53 bits per heavy atom. The highest BCUT2D eigenvalue weighted by Gasteiger charge is 2.43. The molecule has 1 aromatic carbocycles. The highest BCUT2D eigenvalue weighted by molar-refractivity contribution is 7.89. The van der Waals surface area contributed by atoms with Crippen LogP contribution in [-0.4, -0.2) is 64.2 Å². The van der Waals surface area contributed by atoms with Crippen LogP contribution in [0.25, 0.3) is 0 Å². The van der Waals surface area contributed by atoms with Gasteiger partial charge in [-0.25, -0.2) is 8.42 Å². The molecule has 0 spiro atoms. The third kappa shape index (κ3) is 5.00. The summed E-state index contributed by atoms with van der Waals surface area (Å²) in [6.45, 7) is 1.57. The van der Waals surface area contributed by atoms with Crippen molar-refractivity contribution < 1.29 is 22.6 Å². The number of hydrogen-bond donors (Lipinski definition) is 1. The number of nitrogens with one attached hydrogen (secondary N) is 1. The van der Waals surface area contributed by atoms with Crippen LogP contribution in [-0.2, 0) is 14.8 Å². The van der Waals surface area contributed by atoms with E-state index in [1.807, 2.05) is 7.05 Å². The molecule has 166 valence electrons. The number of methoxy groups -OCH3 is 2. The lowest BCUT2D eigenvalue weighted by Crippen LogP contribution is -2.42. The van der Waals surface area contributed by atoms with E-state index < -0.39 is 20.5 Å². The molecule has 0 amide bonds. The van der Waals surface area contributed by atoms with E-state index in [9.17, 15) is 8.42 Å². The number of rotatable bonds is 7. The van der Waals surface area contributed by atoms with E-state index in [0.717, 1.165) is 13.0 Å². The van der Waals surface area contributed by atoms with Crippen LogP contribution in [0.3, 0.4) is 0 Å². The normalized spacial score (nSPS) is 27.4. The molecule has 0 saturated carbocycles. The van der Waals surface area contributed by atoms with Crippen LogP contribution >= 0.6 is 34.8 Å². The van der Waals surface area contributed by atoms with Gasteiger partial charge in [-0.15, -0.1) is 11.6 Å². The molecule has 1 aromatic rings. The van der Waals surface area contributed by atoms with Gasteiger partial charge in [-0.2, -0.15) is 0 Å². The number of alkyl halides is 2. The van der Waals surface area contributed by atoms with Gasteiger partial charge in [0, 0.05) is 24.2 Å². The summed E-state index contributed by atoms with van der Waals surface area (Å²) in [5.41, 5.74) is 0.160. The maximum atomic E-state index is 12.9. The average Bonchev–Trinajstić information content (AvgIpc) is 3.09. The van der Waals surface area contributed by atoms with Gasteiger partial charge >= 0.3 is 0 Å². The summed E-state index contributed by atoms with van der Waals surface area (Å²) >= 11 is 19.3. The second-order valence-corrected chi connectivity index (χ2v) is 10.2. The quantitative estimate of drug-likeness (QED) is 0.583. The summed E-state index contributed by atoms with van der Waals surface area (Å²) in [6.07, 6.45) is 3.50. The predicted octanol–water partition coefficient (Wildman–Crippen LogP) is 3.27. The van der Waals surface area contributed by atoms with Crippen molar-refractivity contribution in [1.29, 1.82) is 0 Å². The zero-order valence-corrected chi connectivity index (χ0v) is 19.8. The number of hydrogen-bond acceptors (Lipinski definition) is 6. The Bertz CT molecular complexity index is 969. The van der Waals surface area contributed by atoms with Crippen LogP contribution in [0, 0.1) is 0 Å². The number of ether oxygens (including phenoxy) is 3. The SMILES string of the molecule is COc1ccc(S(=O)(=O)NC2=CC(Cl)(O[C@@H]3CCN(C)C3)C(Cl)C(Cl)=C2)cc1OC. The van der Waals surface area contributed by atoms with E-state index in [1.165, 1.54) is 44.6 Å². The molecule has 1 heterocycles. The Hall–Kier alpha value is -1.16. The third-order valence-corrected chi connectivity index (χ3v) is 7.75. The summed E-state index contributed by atoms with van der Waals surface area (Å²) in [5.74, 6) is 0.698. The molecule has 3 atom stereocenters. The second kappa shape index (κ2) is 9.14. The summed E-state index contributed by atoms with van der Waals surface area (Å²) in [5, 5.41) is -2.18. The van der Waals surface area contributed by atoms with Crippen molar-refractivity contribution in [3.63, 3.8) is 0 Å². The number of nitrogens with zero attached hydrogens (tertiary/aromatic N) is 1. The smallest absolute Gasteiger partial charge is 0.262 e. The van der Waals surface area contributed by atoms with E-state index >= 15 is 0 Å². The van der Waals surface area contributed by atoms with Crippen molar-refractivity contribution in [3.8, 4) is 11.5 Å². The van der Waals surface area contributed by atoms with Crippen LogP contribution in [0.1, 0.15) is 6.42 Å². The molecule has 2 aliphatic rings. The maximum absolute atomic E-state index is 12.9. The van der Waals surface area contributed by atoms with Crippen molar-refractivity contribution in [2.45, 2.75) is 27.9 Å². The first-order chi connectivity index (χ1) is 14.1. The number of halogens is 3. The van der Waals surface area contributed by atoms with E-state index in [1.54, 1.807) is 0 Å². The fourth-order valence-electron chi connectivity index (χ4n) is 3.33. The average molecular weight is 498 g/mol. The Morgan fingerprint density at radius 1 is 1.23 bits per heavy atom. The topological polar surface area (TPSA) is 77.1 Å². The van der Waals surface area contributed by atoms with Gasteiger partial charge in [0.2, 0.25) is 0 Å². The number of sulfonamides is 1. The molecule has 1 saturated heterocycles. The van der Waals surface area contributed by atoms with Crippen LogP contribution in [0.5, 0.6) is 11.5 Å². The number of allylic oxidation sites excluding steroid dienone is 1. The Balaban J connectivity index is 1.86. The molecule has 1 fully saturated rings. The molecular weight excluding hydrogens is 475 g/mol. The van der Waals surface area contributed by atoms with E-state index in [0.29, 0.717) is 12.3 Å². The summed E-state index contributed by atoms with van der Waals surface area (Å²) in [7, 11) is 0.905. The van der Waals surface area contributed by atoms with Gasteiger partial charge in [0.25, 0.3) is 10.0 Å². The highest BCUT2D eigenvalue weighted by atomic mass is 35.5. The molecule has 1 aliphatic carbocycles. The first-order valence-electron chi connectivity index (χ1n) is 9.12. The molecule has 7 nitrogen and oxygen atoms in total. The molecule has 1 N–H and O–H groups in total. The third-order valence-electron chi connectivity index (χ3n) is 4.85. The summed E-state index contributed by atoms with van der Waals surface area (Å²) in [6, 6.07) is 4.27. The van der Waals surface area contributed by atoms with Gasteiger partial charge in [-0.3, -0.25) is 4.72 Å². The van der Waals surface area contributed by atoms with Crippen LogP contribution in [0.15, 0.2) is 46.0 Å². The fourth-order valence-corrected chi connectivity index (χ4v) is 5.26. The minimum absolute atomic E-state index is 0.0166. The van der Waals surface area contributed by atoms with E-state index in [-0.39, 0.29) is 27.5 Å². The largest absolute Gasteiger partial charge is 0.493 e. The molecule has 11 heteroatoms. The molecule has 0 radical (unpaired) electrons. The Labute approximate surface area is 191 Å². The highest BCUT2D eigenvalue weighted by Crippen LogP contribution is 2.41. The van der Waals surface area contributed by atoms with Crippen molar-refractivity contribution in [3.05, 3.63) is 41.1 Å². The van der Waals surface area contributed by atoms with Gasteiger partial charge in [-0.05, 0) is 37.8 Å². The zero-order chi connectivity index (χ0) is 22.1. The molecule has 0 aromatic heterocycles. The first-order valence-corrected chi connectivity index (χ1v) is 11.8. The lowest BCUT2D eigenvalue weighted by atomic mass is 10.1. The van der Waals surface area contributed by atoms with Gasteiger partial charge in [0.15, 0.2) is 16.6 Å². The lowest BCUT2D eigenvalue weighted by Gasteiger charge is -2.34. The van der Waals surface area contributed by atoms with E-state index in [4.69, 9.17) is 49.0 Å². The minimum atomic E-state index is -3.97. The second-order valence-electron chi connectivity index (χ2n) is 7.10.